The number of likely N-dealkylation sites (tertiary alicyclic amines) is 1. The molecule has 1 atom stereocenters. The van der Waals surface area contributed by atoms with Gasteiger partial charge in [0, 0.05) is 24.5 Å². The van der Waals surface area contributed by atoms with Crippen LogP contribution in [0.4, 0.5) is 0 Å². The zero-order valence-corrected chi connectivity index (χ0v) is 8.96. The molecule has 2 N–H and O–H groups in total. The molecule has 0 aromatic rings. The van der Waals surface area contributed by atoms with Crippen molar-refractivity contribution in [3.63, 3.8) is 0 Å². The summed E-state index contributed by atoms with van der Waals surface area (Å²) in [6.07, 6.45) is 5.27. The molecule has 1 saturated heterocycles. The zero-order valence-electron chi connectivity index (χ0n) is 8.96. The van der Waals surface area contributed by atoms with Crippen molar-refractivity contribution in [2.24, 2.45) is 11.1 Å². The number of hydrogen-bond acceptors (Lipinski definition) is 2. The standard InChI is InChI=1S/C11H20N2O/c1-11(5-6-11)10(14)13-7-2-3-9(12)4-8-13/h9H,2-8,12H2,1H3. The molecule has 0 aromatic carbocycles. The summed E-state index contributed by atoms with van der Waals surface area (Å²) in [5.41, 5.74) is 5.88. The predicted molar refractivity (Wildman–Crippen MR) is 55.7 cm³/mol. The monoisotopic (exact) mass is 196 g/mol. The lowest BCUT2D eigenvalue weighted by molar-refractivity contribution is -0.136. The summed E-state index contributed by atoms with van der Waals surface area (Å²) in [6, 6.07) is 0.305. The van der Waals surface area contributed by atoms with Gasteiger partial charge in [0.05, 0.1) is 0 Å². The molecule has 14 heavy (non-hydrogen) atoms. The Morgan fingerprint density at radius 2 is 2.07 bits per heavy atom. The summed E-state index contributed by atoms with van der Waals surface area (Å²) in [4.78, 5) is 14.1. The summed E-state index contributed by atoms with van der Waals surface area (Å²) >= 11 is 0. The van der Waals surface area contributed by atoms with Gasteiger partial charge in [0.15, 0.2) is 0 Å². The van der Waals surface area contributed by atoms with Crippen LogP contribution in [-0.2, 0) is 4.79 Å². The van der Waals surface area contributed by atoms with E-state index in [1.807, 2.05) is 4.90 Å². The maximum absolute atomic E-state index is 12.0. The summed E-state index contributed by atoms with van der Waals surface area (Å²) in [5, 5.41) is 0. The molecule has 2 rings (SSSR count). The summed E-state index contributed by atoms with van der Waals surface area (Å²) < 4.78 is 0. The highest BCUT2D eigenvalue weighted by molar-refractivity contribution is 5.84. The minimum atomic E-state index is -0.00552. The molecular weight excluding hydrogens is 176 g/mol. The Hall–Kier alpha value is -0.570. The van der Waals surface area contributed by atoms with Gasteiger partial charge in [-0.1, -0.05) is 6.92 Å². The minimum Gasteiger partial charge on any atom is -0.342 e. The van der Waals surface area contributed by atoms with Crippen LogP contribution in [0.1, 0.15) is 39.0 Å². The van der Waals surface area contributed by atoms with E-state index in [9.17, 15) is 4.79 Å². The van der Waals surface area contributed by atoms with Crippen LogP contribution in [0, 0.1) is 5.41 Å². The molecule has 80 valence electrons. The molecule has 1 aliphatic heterocycles. The average molecular weight is 196 g/mol. The highest BCUT2D eigenvalue weighted by atomic mass is 16.2. The fraction of sp³-hybridized carbons (Fsp3) is 0.909. The molecule has 3 nitrogen and oxygen atoms in total. The first-order valence-electron chi connectivity index (χ1n) is 5.67. The SMILES string of the molecule is CC1(C(=O)N2CCCC(N)CC2)CC1. The van der Waals surface area contributed by atoms with E-state index in [-0.39, 0.29) is 5.41 Å². The van der Waals surface area contributed by atoms with E-state index in [4.69, 9.17) is 5.73 Å². The summed E-state index contributed by atoms with van der Waals surface area (Å²) in [5.74, 6) is 0.367. The van der Waals surface area contributed by atoms with Crippen molar-refractivity contribution in [1.82, 2.24) is 4.90 Å². The third kappa shape index (κ3) is 1.92. The van der Waals surface area contributed by atoms with Crippen LogP contribution in [0.3, 0.4) is 0 Å². The Morgan fingerprint density at radius 1 is 1.36 bits per heavy atom. The third-order valence-corrected chi connectivity index (χ3v) is 3.58. The number of nitrogens with zero attached hydrogens (tertiary/aromatic N) is 1. The molecular formula is C11H20N2O. The van der Waals surface area contributed by atoms with Crippen molar-refractivity contribution in [2.75, 3.05) is 13.1 Å². The van der Waals surface area contributed by atoms with E-state index in [1.54, 1.807) is 0 Å². The first kappa shape index (κ1) is 9.97. The van der Waals surface area contributed by atoms with Gasteiger partial charge >= 0.3 is 0 Å². The molecule has 0 aromatic heterocycles. The van der Waals surface area contributed by atoms with Crippen molar-refractivity contribution < 1.29 is 4.79 Å². The molecule has 3 heteroatoms. The lowest BCUT2D eigenvalue weighted by Gasteiger charge is -2.23. The van der Waals surface area contributed by atoms with E-state index >= 15 is 0 Å². The van der Waals surface area contributed by atoms with Gasteiger partial charge < -0.3 is 10.6 Å². The highest BCUT2D eigenvalue weighted by Crippen LogP contribution is 2.46. The van der Waals surface area contributed by atoms with Gasteiger partial charge in [-0.2, -0.15) is 0 Å². The van der Waals surface area contributed by atoms with Crippen LogP contribution in [-0.4, -0.2) is 29.9 Å². The van der Waals surface area contributed by atoms with Crippen molar-refractivity contribution >= 4 is 5.91 Å². The van der Waals surface area contributed by atoms with Crippen LogP contribution in [0.5, 0.6) is 0 Å². The van der Waals surface area contributed by atoms with Crippen LogP contribution in [0.2, 0.25) is 0 Å². The van der Waals surface area contributed by atoms with Crippen LogP contribution >= 0.6 is 0 Å². The van der Waals surface area contributed by atoms with E-state index < -0.39 is 0 Å². The summed E-state index contributed by atoms with van der Waals surface area (Å²) in [7, 11) is 0. The number of amides is 1. The Bertz CT molecular complexity index is 235. The molecule has 2 fully saturated rings. The number of hydrogen-bond donors (Lipinski definition) is 1. The second-order valence-electron chi connectivity index (χ2n) is 5.04. The molecule has 0 spiro atoms. The van der Waals surface area contributed by atoms with Crippen molar-refractivity contribution in [3.8, 4) is 0 Å². The normalized spacial score (nSPS) is 31.0. The molecule has 1 unspecified atom stereocenters. The quantitative estimate of drug-likeness (QED) is 0.683. The molecule has 0 bridgehead atoms. The van der Waals surface area contributed by atoms with Gasteiger partial charge in [-0.05, 0) is 32.1 Å². The Morgan fingerprint density at radius 3 is 2.71 bits per heavy atom. The number of nitrogens with two attached hydrogens (primary N) is 1. The first-order valence-corrected chi connectivity index (χ1v) is 5.67. The lowest BCUT2D eigenvalue weighted by Crippen LogP contribution is -2.37. The fourth-order valence-corrected chi connectivity index (χ4v) is 2.11. The number of rotatable bonds is 1. The second-order valence-corrected chi connectivity index (χ2v) is 5.04. The highest BCUT2D eigenvalue weighted by Gasteiger charge is 2.47. The van der Waals surface area contributed by atoms with Gasteiger partial charge in [0.2, 0.25) is 5.91 Å². The largest absolute Gasteiger partial charge is 0.342 e. The molecule has 1 saturated carbocycles. The molecule has 1 amide bonds. The van der Waals surface area contributed by atoms with Crippen molar-refractivity contribution in [2.45, 2.75) is 45.1 Å². The molecule has 2 aliphatic rings. The minimum absolute atomic E-state index is 0.00552. The smallest absolute Gasteiger partial charge is 0.228 e. The Labute approximate surface area is 85.6 Å². The van der Waals surface area contributed by atoms with Crippen molar-refractivity contribution in [1.29, 1.82) is 0 Å². The van der Waals surface area contributed by atoms with E-state index in [0.29, 0.717) is 11.9 Å². The Balaban J connectivity index is 1.93. The molecule has 1 aliphatic carbocycles. The van der Waals surface area contributed by atoms with Gasteiger partial charge in [0.25, 0.3) is 0 Å². The van der Waals surface area contributed by atoms with E-state index in [2.05, 4.69) is 6.92 Å². The van der Waals surface area contributed by atoms with Crippen LogP contribution < -0.4 is 5.73 Å². The average Bonchev–Trinajstić information content (AvgIpc) is 2.91. The number of carbonyl (C=O) groups is 1. The zero-order chi connectivity index (χ0) is 10.2. The van der Waals surface area contributed by atoms with E-state index in [0.717, 1.165) is 45.2 Å². The second kappa shape index (κ2) is 3.54. The lowest BCUT2D eigenvalue weighted by atomic mass is 10.1. The van der Waals surface area contributed by atoms with Crippen molar-refractivity contribution in [3.05, 3.63) is 0 Å². The third-order valence-electron chi connectivity index (χ3n) is 3.58. The van der Waals surface area contributed by atoms with Gasteiger partial charge in [-0.3, -0.25) is 4.79 Å². The predicted octanol–water partition coefficient (Wildman–Crippen LogP) is 1.13. The fourth-order valence-electron chi connectivity index (χ4n) is 2.11. The topological polar surface area (TPSA) is 46.3 Å². The van der Waals surface area contributed by atoms with Crippen LogP contribution in [0.15, 0.2) is 0 Å². The summed E-state index contributed by atoms with van der Waals surface area (Å²) in [6.45, 7) is 3.87. The molecule has 1 heterocycles. The van der Waals surface area contributed by atoms with Gasteiger partial charge in [-0.15, -0.1) is 0 Å². The van der Waals surface area contributed by atoms with Gasteiger partial charge in [-0.25, -0.2) is 0 Å². The first-order chi connectivity index (χ1) is 6.62. The number of carbonyl (C=O) groups excluding carboxylic acids is 1. The molecule has 0 radical (unpaired) electrons. The van der Waals surface area contributed by atoms with Gasteiger partial charge in [0.1, 0.15) is 0 Å². The Kier molecular flexibility index (Phi) is 2.52. The maximum Gasteiger partial charge on any atom is 0.228 e. The van der Waals surface area contributed by atoms with Crippen LogP contribution in [0.25, 0.3) is 0 Å². The maximum atomic E-state index is 12.0. The van der Waals surface area contributed by atoms with E-state index in [1.165, 1.54) is 0 Å².